The molecular formula is C57H57NO23. The van der Waals surface area contributed by atoms with Gasteiger partial charge in [-0.3, -0.25) is 24.0 Å². The number of methoxy groups -OCH3 is 1. The number of aryl methyl sites for hydroxylation is 1. The third-order valence-corrected chi connectivity index (χ3v) is 12.5. The lowest BCUT2D eigenvalue weighted by molar-refractivity contribution is -0.332. The van der Waals surface area contributed by atoms with Crippen molar-refractivity contribution >= 4 is 64.6 Å². The molecule has 0 bridgehead atoms. The van der Waals surface area contributed by atoms with Crippen molar-refractivity contribution < 1.29 is 104 Å². The number of amides is 1. The Morgan fingerprint density at radius 3 is 1.73 bits per heavy atom. The lowest BCUT2D eigenvalue weighted by Crippen LogP contribution is -2.70. The molecule has 1 aromatic heterocycles. The summed E-state index contributed by atoms with van der Waals surface area (Å²) in [4.78, 5) is 134. The predicted octanol–water partition coefficient (Wildman–Crippen LogP) is 4.42. The van der Waals surface area contributed by atoms with Crippen molar-refractivity contribution in [1.82, 2.24) is 5.32 Å². The Balaban J connectivity index is 1.41. The number of carbonyl (C=O) groups excluding carboxylic acids is 9. The first-order valence-electron chi connectivity index (χ1n) is 25.1. The SMILES string of the molecule is COC(=O)[C@@]1(OC[C@H]2O[C@@H](Oc3ccc4c(C)cc(=O)oc4c3)[C@H](OC(=O)c3ccccc3)[C@@H](OC(=O)c3ccccc3)[C@H]2OC(=O)c2ccccc2)C[C@H](OC(C)=O)[C@@H](NC(C)=O)[C@H]([C@H](OC(C)=O)[C@@H](COC(C)=O)OC(C)=O)O1. The first kappa shape index (κ1) is 59.7. The minimum Gasteiger partial charge on any atom is -0.465 e. The monoisotopic (exact) mass is 1120 g/mol. The zero-order valence-corrected chi connectivity index (χ0v) is 44.8. The number of hydrogen-bond acceptors (Lipinski definition) is 23. The van der Waals surface area contributed by atoms with Crippen LogP contribution in [0, 0.1) is 6.92 Å². The third-order valence-electron chi connectivity index (χ3n) is 12.5. The average molecular weight is 1120 g/mol. The van der Waals surface area contributed by atoms with Gasteiger partial charge in [-0.25, -0.2) is 24.0 Å². The number of fused-ring (bicyclic) bond motifs is 1. The van der Waals surface area contributed by atoms with E-state index in [1.54, 1.807) is 55.5 Å². The highest BCUT2D eigenvalue weighted by atomic mass is 16.8. The number of hydrogen-bond donors (Lipinski definition) is 1. The average Bonchev–Trinajstić information content (AvgIpc) is 3.59. The molecular weight excluding hydrogens is 1070 g/mol. The maximum atomic E-state index is 14.6. The van der Waals surface area contributed by atoms with Crippen LogP contribution in [0.4, 0.5) is 0 Å². The Morgan fingerprint density at radius 1 is 0.654 bits per heavy atom. The molecule has 2 aliphatic rings. The fourth-order valence-electron chi connectivity index (χ4n) is 9.08. The van der Waals surface area contributed by atoms with Gasteiger partial charge < -0.3 is 66.6 Å². The van der Waals surface area contributed by atoms with E-state index in [2.05, 4.69) is 5.32 Å². The van der Waals surface area contributed by atoms with E-state index in [-0.39, 0.29) is 28.0 Å². The fourth-order valence-corrected chi connectivity index (χ4v) is 9.08. The van der Waals surface area contributed by atoms with Crippen molar-refractivity contribution in [3.8, 4) is 5.75 Å². The third kappa shape index (κ3) is 15.2. The molecule has 3 heterocycles. The zero-order valence-electron chi connectivity index (χ0n) is 44.8. The van der Waals surface area contributed by atoms with E-state index in [9.17, 15) is 47.9 Å². The summed E-state index contributed by atoms with van der Waals surface area (Å²) in [5.74, 6) is -12.0. The van der Waals surface area contributed by atoms with Crippen LogP contribution in [0.5, 0.6) is 5.75 Å². The molecule has 5 aromatic rings. The number of carbonyl (C=O) groups is 9. The molecule has 0 unspecified atom stereocenters. The second kappa shape index (κ2) is 26.8. The van der Waals surface area contributed by atoms with Gasteiger partial charge in [-0.05, 0) is 61.0 Å². The highest BCUT2D eigenvalue weighted by Gasteiger charge is 2.61. The van der Waals surface area contributed by atoms with Gasteiger partial charge in [-0.15, -0.1) is 0 Å². The van der Waals surface area contributed by atoms with Gasteiger partial charge in [-0.2, -0.15) is 0 Å². The first-order valence-corrected chi connectivity index (χ1v) is 25.1. The molecule has 428 valence electrons. The summed E-state index contributed by atoms with van der Waals surface area (Å²) in [6.45, 7) is 4.96. The molecule has 81 heavy (non-hydrogen) atoms. The Hall–Kier alpha value is -9.00. The standard InChI is InChI=1S/C57H57NO23/c1-30-25-45(64)76-41-26-39(23-24-40(30)41)75-55-51(80-54(67)38-21-15-10-16-22-38)50(79-53(66)37-19-13-9-14-20-37)48(78-52(65)36-17-11-8-12-18-36)44(77-55)29-71-57(56(68)69-7)27-42(72-33(4)61)46(58-31(2)59)49(81-57)47(74-35(6)63)43(73-34(5)62)28-70-32(3)60/h8-26,42-44,46-51,55H,27-29H2,1-7H3,(H,58,59)/t42-,43+,44+,46+,47+,48-,49+,50-,51+,55+,57+/m0/s1. The molecule has 2 fully saturated rings. The smallest absolute Gasteiger partial charge is 0.366 e. The molecule has 2 aliphatic heterocycles. The second-order valence-electron chi connectivity index (χ2n) is 18.5. The number of benzene rings is 4. The van der Waals surface area contributed by atoms with Gasteiger partial charge in [0.15, 0.2) is 24.4 Å². The Labute approximate surface area is 462 Å². The summed E-state index contributed by atoms with van der Waals surface area (Å²) < 4.78 is 77.5. The quantitative estimate of drug-likeness (QED) is 0.0640. The summed E-state index contributed by atoms with van der Waals surface area (Å²) in [5, 5.41) is 3.09. The first-order chi connectivity index (χ1) is 38.6. The minimum absolute atomic E-state index is 0.00963. The highest BCUT2D eigenvalue weighted by molar-refractivity contribution is 5.91. The molecule has 0 aliphatic carbocycles. The van der Waals surface area contributed by atoms with E-state index in [1.807, 2.05) is 0 Å². The Bertz CT molecular complexity index is 3170. The van der Waals surface area contributed by atoms with Gasteiger partial charge >= 0.3 is 53.4 Å². The molecule has 0 radical (unpaired) electrons. The van der Waals surface area contributed by atoms with Crippen LogP contribution in [0.25, 0.3) is 11.0 Å². The van der Waals surface area contributed by atoms with Gasteiger partial charge in [0.2, 0.25) is 18.3 Å². The molecule has 1 amide bonds. The Kier molecular flexibility index (Phi) is 19.7. The Morgan fingerprint density at radius 2 is 1.21 bits per heavy atom. The van der Waals surface area contributed by atoms with Crippen molar-refractivity contribution in [2.45, 2.75) is 115 Å². The van der Waals surface area contributed by atoms with Crippen molar-refractivity contribution in [2.24, 2.45) is 0 Å². The molecule has 24 nitrogen and oxygen atoms in total. The van der Waals surface area contributed by atoms with Crippen LogP contribution < -0.4 is 15.7 Å². The van der Waals surface area contributed by atoms with E-state index in [0.717, 1.165) is 41.7 Å². The molecule has 0 saturated carbocycles. The highest BCUT2D eigenvalue weighted by Crippen LogP contribution is 2.40. The molecule has 7 rings (SSSR count). The number of rotatable bonds is 20. The minimum atomic E-state index is -2.87. The van der Waals surface area contributed by atoms with Crippen molar-refractivity contribution in [3.63, 3.8) is 0 Å². The van der Waals surface area contributed by atoms with Crippen molar-refractivity contribution in [2.75, 3.05) is 20.3 Å². The number of ether oxygens (including phenoxy) is 12. The molecule has 0 spiro atoms. The summed E-state index contributed by atoms with van der Waals surface area (Å²) in [7, 11) is 0.932. The lowest BCUT2D eigenvalue weighted by atomic mass is 9.87. The van der Waals surface area contributed by atoms with Gasteiger partial charge in [0.05, 0.1) is 42.9 Å². The van der Waals surface area contributed by atoms with Crippen molar-refractivity contribution in [3.05, 3.63) is 148 Å². The fraction of sp³-hybridized carbons (Fsp3) is 0.368. The van der Waals surface area contributed by atoms with Crippen LogP contribution in [0.3, 0.4) is 0 Å². The van der Waals surface area contributed by atoms with Crippen LogP contribution in [0.2, 0.25) is 0 Å². The van der Waals surface area contributed by atoms with Crippen LogP contribution in [-0.4, -0.2) is 141 Å². The van der Waals surface area contributed by atoms with Crippen LogP contribution in [0.1, 0.15) is 77.7 Å². The summed E-state index contributed by atoms with van der Waals surface area (Å²) in [6.07, 6.45) is -17.6. The van der Waals surface area contributed by atoms with E-state index in [4.69, 9.17) is 61.3 Å². The summed E-state index contributed by atoms with van der Waals surface area (Å²) in [6, 6.07) is 26.8. The van der Waals surface area contributed by atoms with E-state index >= 15 is 0 Å². The largest absolute Gasteiger partial charge is 0.465 e. The number of nitrogens with one attached hydrogen (secondary N) is 1. The maximum absolute atomic E-state index is 14.6. The van der Waals surface area contributed by atoms with Gasteiger partial charge in [0.25, 0.3) is 5.79 Å². The van der Waals surface area contributed by atoms with E-state index < -0.39 is 146 Å². The van der Waals surface area contributed by atoms with E-state index in [1.165, 1.54) is 66.7 Å². The molecule has 24 heteroatoms. The molecule has 11 atom stereocenters. The maximum Gasteiger partial charge on any atom is 0.366 e. The van der Waals surface area contributed by atoms with Gasteiger partial charge in [-0.1, -0.05) is 54.6 Å². The topological polar surface area (TPSA) is 307 Å². The van der Waals surface area contributed by atoms with Gasteiger partial charge in [0.1, 0.15) is 36.3 Å². The van der Waals surface area contributed by atoms with Crippen LogP contribution in [-0.2, 0) is 80.9 Å². The molecule has 1 N–H and O–H groups in total. The van der Waals surface area contributed by atoms with Crippen molar-refractivity contribution in [1.29, 1.82) is 0 Å². The summed E-state index contributed by atoms with van der Waals surface area (Å²) >= 11 is 0. The lowest BCUT2D eigenvalue weighted by Gasteiger charge is -2.49. The zero-order chi connectivity index (χ0) is 58.5. The van der Waals surface area contributed by atoms with E-state index in [0.29, 0.717) is 10.9 Å². The molecule has 2 saturated heterocycles. The molecule has 4 aromatic carbocycles. The normalized spacial score (nSPS) is 23.0. The van der Waals surface area contributed by atoms with Crippen LogP contribution >= 0.6 is 0 Å². The van der Waals surface area contributed by atoms with Crippen LogP contribution in [0.15, 0.2) is 124 Å². The number of esters is 8. The predicted molar refractivity (Wildman–Crippen MR) is 275 cm³/mol. The van der Waals surface area contributed by atoms with Gasteiger partial charge in [0, 0.05) is 52.1 Å². The second-order valence-corrected chi connectivity index (χ2v) is 18.5. The summed E-state index contributed by atoms with van der Waals surface area (Å²) in [5.41, 5.74) is -0.107.